The molecule has 0 spiro atoms. The molecule has 5 heteroatoms. The molecule has 0 aliphatic carbocycles. The number of aliphatic hydroxyl groups excluding tert-OH is 2. The maximum Gasteiger partial charge on any atom is 0.124 e. The van der Waals surface area contributed by atoms with Crippen molar-refractivity contribution in [3.8, 4) is 5.75 Å². The van der Waals surface area contributed by atoms with E-state index in [1.165, 1.54) is 0 Å². The van der Waals surface area contributed by atoms with Gasteiger partial charge in [-0.2, -0.15) is 0 Å². The van der Waals surface area contributed by atoms with Crippen LogP contribution in [0.5, 0.6) is 5.75 Å². The Morgan fingerprint density at radius 2 is 1.96 bits per heavy atom. The second kappa shape index (κ2) is 9.14. The van der Waals surface area contributed by atoms with Gasteiger partial charge in [0, 0.05) is 18.7 Å². The number of benzene rings is 2. The summed E-state index contributed by atoms with van der Waals surface area (Å²) in [5.41, 5.74) is 3.05. The van der Waals surface area contributed by atoms with Crippen molar-refractivity contribution >= 4 is 0 Å². The molecule has 2 atom stereocenters. The summed E-state index contributed by atoms with van der Waals surface area (Å²) in [6.45, 7) is 4.55. The van der Waals surface area contributed by atoms with E-state index in [1.54, 1.807) is 0 Å². The van der Waals surface area contributed by atoms with Crippen molar-refractivity contribution in [2.45, 2.75) is 32.2 Å². The van der Waals surface area contributed by atoms with Crippen LogP contribution in [-0.2, 0) is 17.9 Å². The lowest BCUT2D eigenvalue weighted by molar-refractivity contribution is -0.0960. The lowest BCUT2D eigenvalue weighted by Crippen LogP contribution is -2.46. The van der Waals surface area contributed by atoms with Gasteiger partial charge in [0.1, 0.15) is 11.9 Å². The predicted molar refractivity (Wildman–Crippen MR) is 100.0 cm³/mol. The van der Waals surface area contributed by atoms with Crippen LogP contribution in [0.15, 0.2) is 48.5 Å². The van der Waals surface area contributed by atoms with Crippen LogP contribution in [0.25, 0.3) is 0 Å². The molecule has 1 aliphatic rings. The van der Waals surface area contributed by atoms with Gasteiger partial charge in [-0.1, -0.05) is 36.4 Å². The van der Waals surface area contributed by atoms with Crippen LogP contribution < -0.4 is 4.74 Å². The van der Waals surface area contributed by atoms with Crippen molar-refractivity contribution in [3.63, 3.8) is 0 Å². The minimum Gasteiger partial charge on any atom is -0.494 e. The molecule has 1 saturated heterocycles. The van der Waals surface area contributed by atoms with Gasteiger partial charge in [-0.25, -0.2) is 0 Å². The summed E-state index contributed by atoms with van der Waals surface area (Å²) in [5.74, 6) is 0.730. The lowest BCUT2D eigenvalue weighted by Gasteiger charge is -2.41. The molecule has 26 heavy (non-hydrogen) atoms. The second-order valence-electron chi connectivity index (χ2n) is 6.45. The molecule has 1 heterocycles. The van der Waals surface area contributed by atoms with E-state index in [9.17, 15) is 10.2 Å². The van der Waals surface area contributed by atoms with E-state index in [-0.39, 0.29) is 25.4 Å². The first-order valence-corrected chi connectivity index (χ1v) is 9.13. The highest BCUT2D eigenvalue weighted by molar-refractivity contribution is 5.37. The van der Waals surface area contributed by atoms with Crippen molar-refractivity contribution in [1.82, 2.24) is 4.90 Å². The highest BCUT2D eigenvalue weighted by Gasteiger charge is 2.33. The van der Waals surface area contributed by atoms with Crippen LogP contribution in [0.2, 0.25) is 0 Å². The molecule has 3 rings (SSSR count). The summed E-state index contributed by atoms with van der Waals surface area (Å²) in [6.07, 6.45) is -0.244. The van der Waals surface area contributed by atoms with Crippen molar-refractivity contribution in [2.24, 2.45) is 0 Å². The lowest BCUT2D eigenvalue weighted by atomic mass is 9.97. The van der Waals surface area contributed by atoms with Gasteiger partial charge in [0.15, 0.2) is 0 Å². The normalized spacial score (nSPS) is 20.9. The molecule has 1 aliphatic heterocycles. The zero-order chi connectivity index (χ0) is 18.4. The fraction of sp³-hybridized carbons (Fsp3) is 0.429. The van der Waals surface area contributed by atoms with Gasteiger partial charge in [0.2, 0.25) is 0 Å². The zero-order valence-electron chi connectivity index (χ0n) is 15.2. The van der Waals surface area contributed by atoms with E-state index < -0.39 is 0 Å². The number of morpholine rings is 1. The van der Waals surface area contributed by atoms with Gasteiger partial charge in [0.25, 0.3) is 0 Å². The standard InChI is InChI=1S/C21H27NO4/c1-2-25-19-9-8-16(12-18(19)14-23)13-22-10-11-26-20(15-24)21(22)17-6-4-3-5-7-17/h3-9,12,20-21,23-24H,2,10-11,13-15H2,1H3/t20-,21-/m1/s1. The third-order valence-corrected chi connectivity index (χ3v) is 4.76. The van der Waals surface area contributed by atoms with E-state index in [0.717, 1.165) is 35.5 Å². The van der Waals surface area contributed by atoms with Crippen molar-refractivity contribution in [1.29, 1.82) is 0 Å². The molecule has 2 aromatic rings. The average Bonchev–Trinajstić information content (AvgIpc) is 2.69. The molecule has 2 N–H and O–H groups in total. The zero-order valence-corrected chi connectivity index (χ0v) is 15.2. The Labute approximate surface area is 154 Å². The molecule has 5 nitrogen and oxygen atoms in total. The topological polar surface area (TPSA) is 62.2 Å². The Balaban J connectivity index is 1.84. The number of rotatable bonds is 7. The molecule has 0 unspecified atom stereocenters. The van der Waals surface area contributed by atoms with Crippen LogP contribution in [0.1, 0.15) is 29.7 Å². The number of nitrogens with zero attached hydrogens (tertiary/aromatic N) is 1. The van der Waals surface area contributed by atoms with Gasteiger partial charge in [-0.3, -0.25) is 4.90 Å². The predicted octanol–water partition coefficient (Wildman–Crippen LogP) is 2.51. The van der Waals surface area contributed by atoms with Crippen LogP contribution >= 0.6 is 0 Å². The summed E-state index contributed by atoms with van der Waals surface area (Å²) in [6, 6.07) is 16.1. The number of ether oxygens (including phenoxy) is 2. The van der Waals surface area contributed by atoms with Crippen LogP contribution in [-0.4, -0.2) is 47.6 Å². The van der Waals surface area contributed by atoms with Crippen molar-refractivity contribution < 1.29 is 19.7 Å². The van der Waals surface area contributed by atoms with E-state index in [2.05, 4.69) is 17.0 Å². The maximum absolute atomic E-state index is 9.78. The Kier molecular flexibility index (Phi) is 6.63. The molecular weight excluding hydrogens is 330 g/mol. The molecule has 0 aromatic heterocycles. The van der Waals surface area contributed by atoms with Crippen LogP contribution in [0.4, 0.5) is 0 Å². The molecular formula is C21H27NO4. The van der Waals surface area contributed by atoms with Crippen LogP contribution in [0.3, 0.4) is 0 Å². The Morgan fingerprint density at radius 3 is 2.65 bits per heavy atom. The largest absolute Gasteiger partial charge is 0.494 e. The van der Waals surface area contributed by atoms with E-state index >= 15 is 0 Å². The third kappa shape index (κ3) is 4.24. The van der Waals surface area contributed by atoms with Crippen molar-refractivity contribution in [3.05, 3.63) is 65.2 Å². The first kappa shape index (κ1) is 18.9. The number of aliphatic hydroxyl groups is 2. The summed E-state index contributed by atoms with van der Waals surface area (Å²) in [5, 5.41) is 19.4. The summed E-state index contributed by atoms with van der Waals surface area (Å²) < 4.78 is 11.4. The highest BCUT2D eigenvalue weighted by Crippen LogP contribution is 2.31. The molecule has 0 amide bonds. The minimum absolute atomic E-state index is 0.000838. The quantitative estimate of drug-likeness (QED) is 0.797. The summed E-state index contributed by atoms with van der Waals surface area (Å²) >= 11 is 0. The van der Waals surface area contributed by atoms with Crippen LogP contribution in [0, 0.1) is 0 Å². The van der Waals surface area contributed by atoms with E-state index in [1.807, 2.05) is 43.3 Å². The van der Waals surface area contributed by atoms with Gasteiger partial charge in [-0.15, -0.1) is 0 Å². The average molecular weight is 357 g/mol. The highest BCUT2D eigenvalue weighted by atomic mass is 16.5. The SMILES string of the molecule is CCOc1ccc(CN2CCO[C@H](CO)[C@H]2c2ccccc2)cc1CO. The smallest absolute Gasteiger partial charge is 0.124 e. The maximum atomic E-state index is 9.78. The molecule has 0 radical (unpaired) electrons. The third-order valence-electron chi connectivity index (χ3n) is 4.76. The molecule has 140 valence electrons. The van der Waals surface area contributed by atoms with Gasteiger partial charge >= 0.3 is 0 Å². The van der Waals surface area contributed by atoms with Gasteiger partial charge in [0.05, 0.1) is 32.5 Å². The minimum atomic E-state index is -0.244. The Morgan fingerprint density at radius 1 is 1.15 bits per heavy atom. The monoisotopic (exact) mass is 357 g/mol. The van der Waals surface area contributed by atoms with Gasteiger partial charge in [-0.05, 0) is 30.2 Å². The Hall–Kier alpha value is -1.92. The summed E-state index contributed by atoms with van der Waals surface area (Å²) in [7, 11) is 0. The second-order valence-corrected chi connectivity index (χ2v) is 6.45. The molecule has 2 aromatic carbocycles. The first-order valence-electron chi connectivity index (χ1n) is 9.13. The summed E-state index contributed by atoms with van der Waals surface area (Å²) in [4.78, 5) is 2.33. The number of hydrogen-bond donors (Lipinski definition) is 2. The first-order chi connectivity index (χ1) is 12.8. The molecule has 0 saturated carbocycles. The fourth-order valence-corrected chi connectivity index (χ4v) is 3.58. The van der Waals surface area contributed by atoms with Crippen molar-refractivity contribution in [2.75, 3.05) is 26.4 Å². The Bertz CT molecular complexity index is 692. The van der Waals surface area contributed by atoms with E-state index in [4.69, 9.17) is 9.47 Å². The van der Waals surface area contributed by atoms with Gasteiger partial charge < -0.3 is 19.7 Å². The van der Waals surface area contributed by atoms with E-state index in [0.29, 0.717) is 13.2 Å². The molecule has 0 bridgehead atoms. The number of hydrogen-bond acceptors (Lipinski definition) is 5. The molecule has 1 fully saturated rings. The fourth-order valence-electron chi connectivity index (χ4n) is 3.58.